The van der Waals surface area contributed by atoms with Gasteiger partial charge in [-0.05, 0) is 50.6 Å². The Morgan fingerprint density at radius 1 is 1.04 bits per heavy atom. The van der Waals surface area contributed by atoms with Crippen molar-refractivity contribution in [3.05, 3.63) is 47.0 Å². The van der Waals surface area contributed by atoms with Crippen molar-refractivity contribution in [2.75, 3.05) is 10.6 Å². The minimum atomic E-state index is -0.422. The SMILES string of the molecule is CC(=O)Nc1ccc(NC(=O)c2nc3nc(C)cc(C)n3n2)cc1C. The van der Waals surface area contributed by atoms with Crippen LogP contribution in [0, 0.1) is 20.8 Å². The molecule has 25 heavy (non-hydrogen) atoms. The van der Waals surface area contributed by atoms with Gasteiger partial charge in [-0.2, -0.15) is 4.98 Å². The van der Waals surface area contributed by atoms with Crippen LogP contribution in [0.4, 0.5) is 11.4 Å². The number of carbonyl (C=O) groups excluding carboxylic acids is 2. The van der Waals surface area contributed by atoms with Crippen LogP contribution in [-0.4, -0.2) is 31.4 Å². The number of hydrogen-bond donors (Lipinski definition) is 2. The third kappa shape index (κ3) is 3.47. The molecule has 3 aromatic rings. The Morgan fingerprint density at radius 2 is 1.80 bits per heavy atom. The van der Waals surface area contributed by atoms with E-state index in [0.717, 1.165) is 17.0 Å². The molecule has 3 rings (SSSR count). The number of hydrogen-bond acceptors (Lipinski definition) is 5. The molecule has 2 aromatic heterocycles. The number of aryl methyl sites for hydroxylation is 3. The zero-order chi connectivity index (χ0) is 18.1. The van der Waals surface area contributed by atoms with Gasteiger partial charge in [0.15, 0.2) is 0 Å². The molecule has 0 aliphatic carbocycles. The van der Waals surface area contributed by atoms with Crippen molar-refractivity contribution in [2.45, 2.75) is 27.7 Å². The quantitative estimate of drug-likeness (QED) is 0.763. The van der Waals surface area contributed by atoms with E-state index < -0.39 is 5.91 Å². The van der Waals surface area contributed by atoms with Crippen LogP contribution in [0.2, 0.25) is 0 Å². The summed E-state index contributed by atoms with van der Waals surface area (Å²) in [7, 11) is 0. The first kappa shape index (κ1) is 16.6. The van der Waals surface area contributed by atoms with Crippen LogP contribution >= 0.6 is 0 Å². The molecule has 8 nitrogen and oxygen atoms in total. The van der Waals surface area contributed by atoms with Gasteiger partial charge in [-0.15, -0.1) is 5.10 Å². The third-order valence-electron chi connectivity index (χ3n) is 3.62. The predicted molar refractivity (Wildman–Crippen MR) is 93.7 cm³/mol. The molecule has 0 aliphatic rings. The van der Waals surface area contributed by atoms with Crippen LogP contribution in [0.25, 0.3) is 5.78 Å². The lowest BCUT2D eigenvalue weighted by molar-refractivity contribution is -0.114. The highest BCUT2D eigenvalue weighted by Gasteiger charge is 2.15. The largest absolute Gasteiger partial charge is 0.326 e. The minimum absolute atomic E-state index is 0.0461. The van der Waals surface area contributed by atoms with Gasteiger partial charge in [0.25, 0.3) is 11.7 Å². The van der Waals surface area contributed by atoms with E-state index in [4.69, 9.17) is 0 Å². The zero-order valence-electron chi connectivity index (χ0n) is 14.4. The fraction of sp³-hybridized carbons (Fsp3) is 0.235. The maximum Gasteiger partial charge on any atom is 0.295 e. The van der Waals surface area contributed by atoms with Gasteiger partial charge in [-0.25, -0.2) is 9.50 Å². The first-order valence-corrected chi connectivity index (χ1v) is 7.74. The molecule has 0 spiro atoms. The van der Waals surface area contributed by atoms with Crippen LogP contribution < -0.4 is 10.6 Å². The molecule has 2 N–H and O–H groups in total. The Bertz CT molecular complexity index is 992. The second-order valence-electron chi connectivity index (χ2n) is 5.85. The van der Waals surface area contributed by atoms with Crippen LogP contribution in [0.15, 0.2) is 24.3 Å². The Kier molecular flexibility index (Phi) is 4.18. The predicted octanol–water partition coefficient (Wildman–Crippen LogP) is 2.26. The van der Waals surface area contributed by atoms with Gasteiger partial charge in [-0.3, -0.25) is 9.59 Å². The van der Waals surface area contributed by atoms with E-state index in [1.54, 1.807) is 18.2 Å². The van der Waals surface area contributed by atoms with Gasteiger partial charge in [-0.1, -0.05) is 0 Å². The Morgan fingerprint density at radius 3 is 2.48 bits per heavy atom. The third-order valence-corrected chi connectivity index (χ3v) is 3.62. The molecule has 1 aromatic carbocycles. The van der Waals surface area contributed by atoms with Crippen LogP contribution in [0.5, 0.6) is 0 Å². The maximum absolute atomic E-state index is 12.4. The summed E-state index contributed by atoms with van der Waals surface area (Å²) in [4.78, 5) is 32.0. The van der Waals surface area contributed by atoms with Crippen molar-refractivity contribution in [3.8, 4) is 0 Å². The first-order chi connectivity index (χ1) is 11.8. The van der Waals surface area contributed by atoms with Crippen molar-refractivity contribution < 1.29 is 9.59 Å². The number of nitrogens with zero attached hydrogens (tertiary/aromatic N) is 4. The zero-order valence-corrected chi connectivity index (χ0v) is 14.4. The second-order valence-corrected chi connectivity index (χ2v) is 5.85. The number of nitrogens with one attached hydrogen (secondary N) is 2. The van der Waals surface area contributed by atoms with Gasteiger partial charge in [0.05, 0.1) is 0 Å². The molecule has 2 amide bonds. The molecule has 0 bridgehead atoms. The smallest absolute Gasteiger partial charge is 0.295 e. The lowest BCUT2D eigenvalue weighted by Crippen LogP contribution is -2.14. The molecule has 2 heterocycles. The summed E-state index contributed by atoms with van der Waals surface area (Å²) >= 11 is 0. The summed E-state index contributed by atoms with van der Waals surface area (Å²) in [6, 6.07) is 7.08. The molecule has 128 valence electrons. The Labute approximate surface area is 144 Å². The Hall–Kier alpha value is -3.29. The monoisotopic (exact) mass is 338 g/mol. The summed E-state index contributed by atoms with van der Waals surface area (Å²) in [6.07, 6.45) is 0. The number of benzene rings is 1. The highest BCUT2D eigenvalue weighted by molar-refractivity contribution is 6.02. The number of carbonyl (C=O) groups is 2. The van der Waals surface area contributed by atoms with Crippen LogP contribution in [0.1, 0.15) is 34.5 Å². The van der Waals surface area contributed by atoms with Gasteiger partial charge in [0, 0.05) is 29.7 Å². The molecular formula is C17H18N6O2. The van der Waals surface area contributed by atoms with E-state index in [2.05, 4.69) is 25.7 Å². The molecule has 0 saturated heterocycles. The first-order valence-electron chi connectivity index (χ1n) is 7.74. The van der Waals surface area contributed by atoms with Gasteiger partial charge < -0.3 is 10.6 Å². The summed E-state index contributed by atoms with van der Waals surface area (Å²) in [5, 5.41) is 9.69. The highest BCUT2D eigenvalue weighted by Crippen LogP contribution is 2.20. The van der Waals surface area contributed by atoms with Crippen LogP contribution in [0.3, 0.4) is 0 Å². The second kappa shape index (κ2) is 6.31. The van der Waals surface area contributed by atoms with E-state index in [1.165, 1.54) is 11.4 Å². The number of aromatic nitrogens is 4. The molecule has 0 saturated carbocycles. The van der Waals surface area contributed by atoms with E-state index in [-0.39, 0.29) is 11.7 Å². The van der Waals surface area contributed by atoms with Crippen molar-refractivity contribution in [1.29, 1.82) is 0 Å². The molecular weight excluding hydrogens is 320 g/mol. The summed E-state index contributed by atoms with van der Waals surface area (Å²) in [5.74, 6) is -0.134. The number of rotatable bonds is 3. The molecule has 8 heteroatoms. The van der Waals surface area contributed by atoms with Gasteiger partial charge in [0.2, 0.25) is 11.7 Å². The summed E-state index contributed by atoms with van der Waals surface area (Å²) in [6.45, 7) is 7.03. The van der Waals surface area contributed by atoms with Crippen molar-refractivity contribution >= 4 is 29.0 Å². The normalized spacial score (nSPS) is 10.7. The molecule has 0 aliphatic heterocycles. The number of fused-ring (bicyclic) bond motifs is 1. The highest BCUT2D eigenvalue weighted by atomic mass is 16.2. The molecule has 0 unspecified atom stereocenters. The molecule has 0 atom stereocenters. The fourth-order valence-electron chi connectivity index (χ4n) is 2.52. The van der Waals surface area contributed by atoms with E-state index in [9.17, 15) is 9.59 Å². The van der Waals surface area contributed by atoms with E-state index in [0.29, 0.717) is 17.2 Å². The van der Waals surface area contributed by atoms with Crippen molar-refractivity contribution in [1.82, 2.24) is 19.6 Å². The molecule has 0 fully saturated rings. The standard InChI is InChI=1S/C17H18N6O2/c1-9-7-13(5-6-14(9)19-12(4)24)20-16(25)15-21-17-18-10(2)8-11(3)23(17)22-15/h5-8H,1-4H3,(H,19,24)(H,20,25). The number of anilines is 2. The summed E-state index contributed by atoms with van der Waals surface area (Å²) in [5.41, 5.74) is 3.80. The summed E-state index contributed by atoms with van der Waals surface area (Å²) < 4.78 is 1.53. The average molecular weight is 338 g/mol. The van der Waals surface area contributed by atoms with E-state index in [1.807, 2.05) is 26.8 Å². The van der Waals surface area contributed by atoms with Crippen molar-refractivity contribution in [3.63, 3.8) is 0 Å². The lowest BCUT2D eigenvalue weighted by Gasteiger charge is -2.09. The Balaban J connectivity index is 1.84. The van der Waals surface area contributed by atoms with E-state index >= 15 is 0 Å². The topological polar surface area (TPSA) is 101 Å². The average Bonchev–Trinajstić information content (AvgIpc) is 2.94. The van der Waals surface area contributed by atoms with Crippen molar-refractivity contribution in [2.24, 2.45) is 0 Å². The van der Waals surface area contributed by atoms with Gasteiger partial charge in [0.1, 0.15) is 0 Å². The molecule has 0 radical (unpaired) electrons. The van der Waals surface area contributed by atoms with Gasteiger partial charge >= 0.3 is 0 Å². The minimum Gasteiger partial charge on any atom is -0.326 e. The van der Waals surface area contributed by atoms with Crippen LogP contribution in [-0.2, 0) is 4.79 Å². The lowest BCUT2D eigenvalue weighted by atomic mass is 10.1. The number of amides is 2. The maximum atomic E-state index is 12.4. The fourth-order valence-corrected chi connectivity index (χ4v) is 2.52.